The molecule has 0 aromatic rings. The molecule has 0 aromatic heterocycles. The Hall–Kier alpha value is -1.66. The van der Waals surface area contributed by atoms with Crippen molar-refractivity contribution in [3.8, 4) is 0 Å². The number of aliphatic hydroxyl groups excluding tert-OH is 2. The average Bonchev–Trinajstić information content (AvgIpc) is 3.21. The molecule has 0 aromatic carbocycles. The van der Waals surface area contributed by atoms with Crippen LogP contribution in [0.2, 0.25) is 0 Å². The smallest absolute Gasteiger partial charge is 0.305 e. The van der Waals surface area contributed by atoms with Crippen LogP contribution in [0, 0.1) is 0 Å². The van der Waals surface area contributed by atoms with Crippen LogP contribution in [0.3, 0.4) is 0 Å². The SMILES string of the molecule is CCCCCC/C=C\C/C=C\CCCCCCCC(=O)OCCCCCCCCCCCCC(=O)NC(CO)C(O)CCCCCCCCCCCCCCCC. The first-order valence-corrected chi connectivity index (χ1v) is 25.1. The van der Waals surface area contributed by atoms with Gasteiger partial charge in [0.15, 0.2) is 0 Å². The predicted octanol–water partition coefficient (Wildman–Crippen LogP) is 14.7. The first-order chi connectivity index (χ1) is 28.0. The third kappa shape index (κ3) is 43.7. The molecular formula is C51H97NO5. The molecule has 0 aliphatic carbocycles. The third-order valence-electron chi connectivity index (χ3n) is 11.5. The number of carbonyl (C=O) groups excluding carboxylic acids is 2. The van der Waals surface area contributed by atoms with Crippen LogP contribution in [0.25, 0.3) is 0 Å². The molecule has 0 heterocycles. The van der Waals surface area contributed by atoms with E-state index in [0.29, 0.717) is 25.9 Å². The van der Waals surface area contributed by atoms with E-state index in [4.69, 9.17) is 4.74 Å². The van der Waals surface area contributed by atoms with Crippen molar-refractivity contribution in [3.05, 3.63) is 24.3 Å². The number of carbonyl (C=O) groups is 2. The predicted molar refractivity (Wildman–Crippen MR) is 246 cm³/mol. The van der Waals surface area contributed by atoms with E-state index in [1.54, 1.807) is 0 Å². The second-order valence-electron chi connectivity index (χ2n) is 17.1. The fourth-order valence-electron chi connectivity index (χ4n) is 7.61. The minimum atomic E-state index is -0.679. The topological polar surface area (TPSA) is 95.9 Å². The minimum absolute atomic E-state index is 0.0324. The Bertz CT molecular complexity index is 889. The van der Waals surface area contributed by atoms with Gasteiger partial charge in [-0.25, -0.2) is 0 Å². The van der Waals surface area contributed by atoms with Gasteiger partial charge >= 0.3 is 5.97 Å². The molecule has 0 saturated heterocycles. The maximum Gasteiger partial charge on any atom is 0.305 e. The lowest BCUT2D eigenvalue weighted by atomic mass is 10.0. The zero-order valence-corrected chi connectivity index (χ0v) is 38.1. The van der Waals surface area contributed by atoms with Crippen LogP contribution in [-0.4, -0.2) is 47.4 Å². The molecule has 3 N–H and O–H groups in total. The number of allylic oxidation sites excluding steroid dienone is 4. The maximum absolute atomic E-state index is 12.4. The molecule has 6 heteroatoms. The molecule has 2 unspecified atom stereocenters. The van der Waals surface area contributed by atoms with Crippen LogP contribution in [0.1, 0.15) is 264 Å². The van der Waals surface area contributed by atoms with Gasteiger partial charge in [-0.15, -0.1) is 0 Å². The van der Waals surface area contributed by atoms with E-state index in [1.165, 1.54) is 161 Å². The molecule has 0 aliphatic rings. The van der Waals surface area contributed by atoms with Crippen LogP contribution in [0.5, 0.6) is 0 Å². The highest BCUT2D eigenvalue weighted by Gasteiger charge is 2.20. The van der Waals surface area contributed by atoms with Gasteiger partial charge in [0.1, 0.15) is 0 Å². The van der Waals surface area contributed by atoms with Gasteiger partial charge in [0.05, 0.1) is 25.4 Å². The van der Waals surface area contributed by atoms with Gasteiger partial charge < -0.3 is 20.3 Å². The number of aliphatic hydroxyl groups is 2. The van der Waals surface area contributed by atoms with Crippen molar-refractivity contribution in [1.82, 2.24) is 5.32 Å². The number of nitrogens with one attached hydrogen (secondary N) is 1. The number of hydrogen-bond donors (Lipinski definition) is 3. The molecule has 0 aliphatic heterocycles. The standard InChI is InChI=1S/C51H97NO5/c1-3-5-7-9-11-13-15-17-19-20-22-24-29-33-37-41-45-51(56)57-46-42-38-34-30-26-25-28-32-36-40-44-50(55)52-48(47-53)49(54)43-39-35-31-27-23-21-18-16-14-12-10-8-6-4-2/h13,15,19-20,48-49,53-54H,3-12,14,16-18,21-47H2,1-2H3,(H,52,55)/b15-13-,20-19-. The van der Waals surface area contributed by atoms with Gasteiger partial charge in [0.2, 0.25) is 5.91 Å². The van der Waals surface area contributed by atoms with Crippen molar-refractivity contribution in [2.75, 3.05) is 13.2 Å². The summed E-state index contributed by atoms with van der Waals surface area (Å²) in [5.74, 6) is -0.0912. The molecule has 57 heavy (non-hydrogen) atoms. The summed E-state index contributed by atoms with van der Waals surface area (Å²) < 4.78 is 5.45. The van der Waals surface area contributed by atoms with Gasteiger partial charge in [-0.3, -0.25) is 9.59 Å². The number of ether oxygens (including phenoxy) is 1. The molecule has 0 rings (SSSR count). The Morgan fingerprint density at radius 1 is 0.491 bits per heavy atom. The number of hydrogen-bond acceptors (Lipinski definition) is 5. The van der Waals surface area contributed by atoms with Crippen molar-refractivity contribution >= 4 is 11.9 Å². The lowest BCUT2D eigenvalue weighted by Crippen LogP contribution is -2.45. The van der Waals surface area contributed by atoms with Crippen molar-refractivity contribution in [2.45, 2.75) is 276 Å². The van der Waals surface area contributed by atoms with Crippen LogP contribution >= 0.6 is 0 Å². The molecule has 0 saturated carbocycles. The van der Waals surface area contributed by atoms with E-state index in [1.807, 2.05) is 0 Å². The van der Waals surface area contributed by atoms with Crippen molar-refractivity contribution in [1.29, 1.82) is 0 Å². The van der Waals surface area contributed by atoms with Gasteiger partial charge in [-0.05, 0) is 57.8 Å². The fraction of sp³-hybridized carbons (Fsp3) is 0.882. The summed E-state index contributed by atoms with van der Waals surface area (Å²) >= 11 is 0. The highest BCUT2D eigenvalue weighted by molar-refractivity contribution is 5.76. The van der Waals surface area contributed by atoms with E-state index in [9.17, 15) is 19.8 Å². The highest BCUT2D eigenvalue weighted by atomic mass is 16.5. The zero-order valence-electron chi connectivity index (χ0n) is 38.1. The number of amides is 1. The second kappa shape index (κ2) is 47.0. The molecular weight excluding hydrogens is 707 g/mol. The molecule has 0 fully saturated rings. The highest BCUT2D eigenvalue weighted by Crippen LogP contribution is 2.16. The van der Waals surface area contributed by atoms with Crippen LogP contribution in [0.4, 0.5) is 0 Å². The van der Waals surface area contributed by atoms with Gasteiger partial charge in [-0.2, -0.15) is 0 Å². The molecule has 0 spiro atoms. The van der Waals surface area contributed by atoms with Crippen LogP contribution < -0.4 is 5.32 Å². The summed E-state index contributed by atoms with van der Waals surface area (Å²) in [6, 6.07) is -0.558. The van der Waals surface area contributed by atoms with E-state index in [2.05, 4.69) is 43.5 Å². The third-order valence-corrected chi connectivity index (χ3v) is 11.5. The fourth-order valence-corrected chi connectivity index (χ4v) is 7.61. The molecule has 0 radical (unpaired) electrons. The quantitative estimate of drug-likeness (QED) is 0.0324. The summed E-state index contributed by atoms with van der Waals surface area (Å²) in [7, 11) is 0. The van der Waals surface area contributed by atoms with Crippen molar-refractivity contribution in [3.63, 3.8) is 0 Å². The Morgan fingerprint density at radius 3 is 1.35 bits per heavy atom. The summed E-state index contributed by atoms with van der Waals surface area (Å²) in [4.78, 5) is 24.5. The Balaban J connectivity index is 3.49. The number of esters is 1. The Morgan fingerprint density at radius 2 is 0.877 bits per heavy atom. The summed E-state index contributed by atoms with van der Waals surface area (Å²) in [6.07, 6.45) is 54.2. The molecule has 0 bridgehead atoms. The Labute approximate surface area is 354 Å². The van der Waals surface area contributed by atoms with Crippen molar-refractivity contribution < 1.29 is 24.5 Å². The summed E-state index contributed by atoms with van der Waals surface area (Å²) in [5.41, 5.74) is 0. The first kappa shape index (κ1) is 55.3. The van der Waals surface area contributed by atoms with Gasteiger partial charge in [0.25, 0.3) is 0 Å². The largest absolute Gasteiger partial charge is 0.466 e. The molecule has 6 nitrogen and oxygen atoms in total. The van der Waals surface area contributed by atoms with E-state index >= 15 is 0 Å². The minimum Gasteiger partial charge on any atom is -0.466 e. The lowest BCUT2D eigenvalue weighted by Gasteiger charge is -2.22. The monoisotopic (exact) mass is 804 g/mol. The molecule has 336 valence electrons. The van der Waals surface area contributed by atoms with Gasteiger partial charge in [0, 0.05) is 12.8 Å². The average molecular weight is 804 g/mol. The summed E-state index contributed by atoms with van der Waals surface area (Å²) in [6.45, 7) is 4.87. The summed E-state index contributed by atoms with van der Waals surface area (Å²) in [5, 5.41) is 23.2. The normalized spacial score (nSPS) is 12.8. The van der Waals surface area contributed by atoms with Crippen molar-refractivity contribution in [2.24, 2.45) is 0 Å². The van der Waals surface area contributed by atoms with Gasteiger partial charge in [-0.1, -0.05) is 218 Å². The number of rotatable bonds is 46. The van der Waals surface area contributed by atoms with Crippen LogP contribution in [-0.2, 0) is 14.3 Å². The molecule has 2 atom stereocenters. The number of unbranched alkanes of at least 4 members (excludes halogenated alkanes) is 31. The zero-order chi connectivity index (χ0) is 41.5. The molecule has 1 amide bonds. The second-order valence-corrected chi connectivity index (χ2v) is 17.1. The van der Waals surface area contributed by atoms with E-state index in [0.717, 1.165) is 70.6 Å². The maximum atomic E-state index is 12.4. The van der Waals surface area contributed by atoms with Crippen LogP contribution in [0.15, 0.2) is 24.3 Å². The Kier molecular flexibility index (Phi) is 45.7. The first-order valence-electron chi connectivity index (χ1n) is 25.1. The lowest BCUT2D eigenvalue weighted by molar-refractivity contribution is -0.143. The van der Waals surface area contributed by atoms with E-state index in [-0.39, 0.29) is 18.5 Å². The van der Waals surface area contributed by atoms with E-state index < -0.39 is 12.1 Å².